The molecule has 162 valence electrons. The fraction of sp³-hybridized carbons (Fsp3) is 0.154. The number of carbonyl (C=O) groups excluding carboxylic acids is 2. The Bertz CT molecular complexity index is 1240. The molecule has 0 saturated carbocycles. The Labute approximate surface area is 197 Å². The van der Waals surface area contributed by atoms with Gasteiger partial charge in [0.25, 0.3) is 11.8 Å². The third kappa shape index (κ3) is 4.43. The highest BCUT2D eigenvalue weighted by Crippen LogP contribution is 2.35. The lowest BCUT2D eigenvalue weighted by atomic mass is 10.0. The van der Waals surface area contributed by atoms with Crippen LogP contribution >= 0.6 is 23.2 Å². The van der Waals surface area contributed by atoms with Gasteiger partial charge in [-0.05, 0) is 79.4 Å². The van der Waals surface area contributed by atoms with E-state index in [0.29, 0.717) is 33.4 Å². The van der Waals surface area contributed by atoms with E-state index < -0.39 is 0 Å². The molecule has 32 heavy (non-hydrogen) atoms. The summed E-state index contributed by atoms with van der Waals surface area (Å²) >= 11 is 12.3. The number of hydrogen-bond acceptors (Lipinski definition) is 2. The average Bonchev–Trinajstić information content (AvgIpc) is 2.92. The number of nitrogens with one attached hydrogen (secondary N) is 1. The SMILES string of the molecule is C=C1CCCN(C(=O)c2ccc(NC(=O)c3ccccc3Cl)cc2C)c2ccc(Cl)cc21. The Morgan fingerprint density at radius 3 is 2.53 bits per heavy atom. The molecule has 1 N–H and O–H groups in total. The highest BCUT2D eigenvalue weighted by atomic mass is 35.5. The van der Waals surface area contributed by atoms with E-state index >= 15 is 0 Å². The number of aryl methyl sites for hydroxylation is 1. The van der Waals surface area contributed by atoms with Crippen LogP contribution in [0, 0.1) is 6.92 Å². The van der Waals surface area contributed by atoms with Crippen molar-refractivity contribution in [1.82, 2.24) is 0 Å². The molecule has 2 amide bonds. The summed E-state index contributed by atoms with van der Waals surface area (Å²) in [5.41, 5.74) is 5.04. The van der Waals surface area contributed by atoms with Crippen molar-refractivity contribution < 1.29 is 9.59 Å². The molecule has 0 saturated heterocycles. The van der Waals surface area contributed by atoms with Crippen LogP contribution in [-0.2, 0) is 0 Å². The van der Waals surface area contributed by atoms with Crippen molar-refractivity contribution >= 4 is 52.0 Å². The molecule has 1 heterocycles. The number of benzene rings is 3. The molecule has 4 rings (SSSR count). The molecule has 4 nitrogen and oxygen atoms in total. The van der Waals surface area contributed by atoms with Crippen molar-refractivity contribution in [3.63, 3.8) is 0 Å². The topological polar surface area (TPSA) is 49.4 Å². The number of amides is 2. The van der Waals surface area contributed by atoms with Crippen LogP contribution in [0.5, 0.6) is 0 Å². The molecule has 0 aromatic heterocycles. The lowest BCUT2D eigenvalue weighted by Gasteiger charge is -2.24. The fourth-order valence-electron chi connectivity index (χ4n) is 3.91. The molecule has 0 aliphatic carbocycles. The normalized spacial score (nSPS) is 13.3. The smallest absolute Gasteiger partial charge is 0.258 e. The summed E-state index contributed by atoms with van der Waals surface area (Å²) in [5.74, 6) is -0.393. The maximum absolute atomic E-state index is 13.5. The monoisotopic (exact) mass is 464 g/mol. The van der Waals surface area contributed by atoms with Crippen molar-refractivity contribution in [2.24, 2.45) is 0 Å². The number of carbonyl (C=O) groups is 2. The van der Waals surface area contributed by atoms with Crippen LogP contribution in [0.2, 0.25) is 10.0 Å². The van der Waals surface area contributed by atoms with Crippen molar-refractivity contribution in [2.75, 3.05) is 16.8 Å². The predicted octanol–water partition coefficient (Wildman–Crippen LogP) is 7.01. The van der Waals surface area contributed by atoms with Crippen LogP contribution in [-0.4, -0.2) is 18.4 Å². The predicted molar refractivity (Wildman–Crippen MR) is 132 cm³/mol. The van der Waals surface area contributed by atoms with Crippen LogP contribution in [0.4, 0.5) is 11.4 Å². The first kappa shape index (κ1) is 22.1. The number of rotatable bonds is 3. The van der Waals surface area contributed by atoms with Gasteiger partial charge >= 0.3 is 0 Å². The molecule has 3 aromatic carbocycles. The molecule has 0 spiro atoms. The molecular weight excluding hydrogens is 443 g/mol. The second kappa shape index (κ2) is 9.19. The van der Waals surface area contributed by atoms with E-state index in [1.807, 2.05) is 19.1 Å². The first-order valence-electron chi connectivity index (χ1n) is 10.3. The second-order valence-corrected chi connectivity index (χ2v) is 8.63. The minimum atomic E-state index is -0.300. The lowest BCUT2D eigenvalue weighted by molar-refractivity contribution is 0.0985. The minimum Gasteiger partial charge on any atom is -0.322 e. The third-order valence-electron chi connectivity index (χ3n) is 5.57. The van der Waals surface area contributed by atoms with Crippen LogP contribution < -0.4 is 10.2 Å². The maximum atomic E-state index is 13.5. The highest BCUT2D eigenvalue weighted by Gasteiger charge is 2.25. The summed E-state index contributed by atoms with van der Waals surface area (Å²) in [4.78, 5) is 27.8. The summed E-state index contributed by atoms with van der Waals surface area (Å²) in [7, 11) is 0. The highest BCUT2D eigenvalue weighted by molar-refractivity contribution is 6.34. The van der Waals surface area contributed by atoms with E-state index in [2.05, 4.69) is 11.9 Å². The molecule has 0 fully saturated rings. The number of fused-ring (bicyclic) bond motifs is 1. The molecule has 1 aliphatic heterocycles. The first-order valence-corrected chi connectivity index (χ1v) is 11.1. The minimum absolute atomic E-state index is 0.0928. The van der Waals surface area contributed by atoms with Gasteiger partial charge in [0.05, 0.1) is 16.3 Å². The van der Waals surface area contributed by atoms with Crippen LogP contribution in [0.3, 0.4) is 0 Å². The molecule has 0 atom stereocenters. The van der Waals surface area contributed by atoms with Gasteiger partial charge in [0.15, 0.2) is 0 Å². The standard InChI is InChI=1S/C26H22Cl2N2O2/c1-16-6-5-13-30(24-12-9-18(27)15-22(16)24)26(32)20-11-10-19(14-17(20)2)29-25(31)21-7-3-4-8-23(21)28/h3-4,7-12,14-15H,1,5-6,13H2,2H3,(H,29,31). The molecule has 1 aliphatic rings. The summed E-state index contributed by atoms with van der Waals surface area (Å²) in [5, 5.41) is 3.85. The van der Waals surface area contributed by atoms with Crippen LogP contribution in [0.1, 0.15) is 44.7 Å². The molecular formula is C26H22Cl2N2O2. The van der Waals surface area contributed by atoms with E-state index in [-0.39, 0.29) is 11.8 Å². The molecule has 0 radical (unpaired) electrons. The number of halogens is 2. The summed E-state index contributed by atoms with van der Waals surface area (Å²) in [6, 6.07) is 17.7. The molecule has 3 aromatic rings. The summed E-state index contributed by atoms with van der Waals surface area (Å²) in [6.45, 7) is 6.62. The number of nitrogens with zero attached hydrogens (tertiary/aromatic N) is 1. The Morgan fingerprint density at radius 2 is 1.78 bits per heavy atom. The van der Waals surface area contributed by atoms with Crippen molar-refractivity contribution in [2.45, 2.75) is 19.8 Å². The van der Waals surface area contributed by atoms with Gasteiger partial charge in [-0.15, -0.1) is 0 Å². The zero-order valence-electron chi connectivity index (χ0n) is 17.6. The summed E-state index contributed by atoms with van der Waals surface area (Å²) < 4.78 is 0. The molecule has 0 bridgehead atoms. The number of allylic oxidation sites excluding steroid dienone is 1. The quantitative estimate of drug-likeness (QED) is 0.453. The van der Waals surface area contributed by atoms with Gasteiger partial charge in [0.2, 0.25) is 0 Å². The Kier molecular flexibility index (Phi) is 6.35. The van der Waals surface area contributed by atoms with Gasteiger partial charge in [-0.25, -0.2) is 0 Å². The van der Waals surface area contributed by atoms with E-state index in [0.717, 1.165) is 35.2 Å². The second-order valence-electron chi connectivity index (χ2n) is 7.79. The summed E-state index contributed by atoms with van der Waals surface area (Å²) in [6.07, 6.45) is 1.63. The van der Waals surface area contributed by atoms with Crippen molar-refractivity contribution in [1.29, 1.82) is 0 Å². The maximum Gasteiger partial charge on any atom is 0.258 e. The van der Waals surface area contributed by atoms with E-state index in [1.54, 1.807) is 53.4 Å². The van der Waals surface area contributed by atoms with Gasteiger partial charge in [-0.1, -0.05) is 41.9 Å². The van der Waals surface area contributed by atoms with Crippen molar-refractivity contribution in [3.8, 4) is 0 Å². The van der Waals surface area contributed by atoms with E-state index in [4.69, 9.17) is 23.2 Å². The zero-order valence-corrected chi connectivity index (χ0v) is 19.1. The number of anilines is 2. The average molecular weight is 465 g/mol. The van der Waals surface area contributed by atoms with E-state index in [9.17, 15) is 9.59 Å². The van der Waals surface area contributed by atoms with Gasteiger partial charge in [0.1, 0.15) is 0 Å². The first-order chi connectivity index (χ1) is 15.3. The molecule has 6 heteroatoms. The third-order valence-corrected chi connectivity index (χ3v) is 6.13. The molecule has 0 unspecified atom stereocenters. The lowest BCUT2D eigenvalue weighted by Crippen LogP contribution is -2.32. The zero-order chi connectivity index (χ0) is 22.8. The fourth-order valence-corrected chi connectivity index (χ4v) is 4.31. The van der Waals surface area contributed by atoms with Gasteiger partial charge in [-0.2, -0.15) is 0 Å². The van der Waals surface area contributed by atoms with Gasteiger partial charge < -0.3 is 10.2 Å². The van der Waals surface area contributed by atoms with Crippen molar-refractivity contribution in [3.05, 3.63) is 99.5 Å². The Balaban J connectivity index is 1.60. The largest absolute Gasteiger partial charge is 0.322 e. The Morgan fingerprint density at radius 1 is 1.00 bits per heavy atom. The van der Waals surface area contributed by atoms with Crippen LogP contribution in [0.15, 0.2) is 67.2 Å². The van der Waals surface area contributed by atoms with Gasteiger partial charge in [-0.3, -0.25) is 9.59 Å². The van der Waals surface area contributed by atoms with E-state index in [1.165, 1.54) is 0 Å². The van der Waals surface area contributed by atoms with Crippen LogP contribution in [0.25, 0.3) is 5.57 Å². The Hall–Kier alpha value is -3.08. The van der Waals surface area contributed by atoms with Gasteiger partial charge in [0, 0.05) is 28.4 Å². The number of hydrogen-bond donors (Lipinski definition) is 1.